The maximum absolute atomic E-state index is 12.5. The maximum atomic E-state index is 12.5. The van der Waals surface area contributed by atoms with Crippen LogP contribution in [0.3, 0.4) is 0 Å². The molecule has 0 amide bonds. The SMILES string of the molecule is CC(C)N(C)C.COc1ccc(F)cc1C=O. The summed E-state index contributed by atoms with van der Waals surface area (Å²) < 4.78 is 17.2. The van der Waals surface area contributed by atoms with E-state index in [9.17, 15) is 9.18 Å². The third-order valence-electron chi connectivity index (χ3n) is 2.35. The Morgan fingerprint density at radius 3 is 2.24 bits per heavy atom. The van der Waals surface area contributed by atoms with E-state index in [0.29, 0.717) is 18.1 Å². The Morgan fingerprint density at radius 1 is 1.35 bits per heavy atom. The minimum absolute atomic E-state index is 0.229. The molecular formula is C13H20FNO2. The summed E-state index contributed by atoms with van der Waals surface area (Å²) in [6.45, 7) is 4.33. The first-order valence-corrected chi connectivity index (χ1v) is 5.37. The third kappa shape index (κ3) is 6.02. The Bertz CT molecular complexity index is 345. The molecule has 0 radical (unpaired) electrons. The largest absolute Gasteiger partial charge is 0.496 e. The molecule has 0 saturated heterocycles. The van der Waals surface area contributed by atoms with Gasteiger partial charge in [0.25, 0.3) is 0 Å². The van der Waals surface area contributed by atoms with Crippen molar-refractivity contribution >= 4 is 6.29 Å². The molecular weight excluding hydrogens is 221 g/mol. The van der Waals surface area contributed by atoms with Crippen molar-refractivity contribution in [1.82, 2.24) is 4.90 Å². The highest BCUT2D eigenvalue weighted by Gasteiger charge is 2.01. The molecule has 0 atom stereocenters. The highest BCUT2D eigenvalue weighted by atomic mass is 19.1. The van der Waals surface area contributed by atoms with Crippen LogP contribution >= 0.6 is 0 Å². The van der Waals surface area contributed by atoms with Crippen LogP contribution in [0.2, 0.25) is 0 Å². The second-order valence-corrected chi connectivity index (χ2v) is 4.06. The number of halogens is 1. The summed E-state index contributed by atoms with van der Waals surface area (Å²) in [6.07, 6.45) is 0.557. The van der Waals surface area contributed by atoms with Gasteiger partial charge in [-0.1, -0.05) is 0 Å². The Morgan fingerprint density at radius 2 is 1.88 bits per heavy atom. The van der Waals surface area contributed by atoms with E-state index in [2.05, 4.69) is 32.8 Å². The second kappa shape index (κ2) is 7.79. The fourth-order valence-corrected chi connectivity index (χ4v) is 0.797. The molecule has 0 unspecified atom stereocenters. The molecule has 0 N–H and O–H groups in total. The van der Waals surface area contributed by atoms with Crippen molar-refractivity contribution in [1.29, 1.82) is 0 Å². The number of aldehydes is 1. The van der Waals surface area contributed by atoms with Crippen LogP contribution in [0.5, 0.6) is 5.75 Å². The van der Waals surface area contributed by atoms with Crippen molar-refractivity contribution in [2.45, 2.75) is 19.9 Å². The second-order valence-electron chi connectivity index (χ2n) is 4.06. The first-order valence-electron chi connectivity index (χ1n) is 5.37. The fourth-order valence-electron chi connectivity index (χ4n) is 0.797. The molecule has 0 fully saturated rings. The van der Waals surface area contributed by atoms with Crippen molar-refractivity contribution in [2.75, 3.05) is 21.2 Å². The van der Waals surface area contributed by atoms with Gasteiger partial charge in [-0.05, 0) is 46.1 Å². The molecule has 0 saturated carbocycles. The van der Waals surface area contributed by atoms with Crippen molar-refractivity contribution in [3.8, 4) is 5.75 Å². The molecule has 3 nitrogen and oxygen atoms in total. The minimum Gasteiger partial charge on any atom is -0.496 e. The minimum atomic E-state index is -0.437. The van der Waals surface area contributed by atoms with Crippen molar-refractivity contribution in [3.05, 3.63) is 29.6 Å². The smallest absolute Gasteiger partial charge is 0.153 e. The van der Waals surface area contributed by atoms with Gasteiger partial charge in [-0.25, -0.2) is 4.39 Å². The fraction of sp³-hybridized carbons (Fsp3) is 0.462. The molecule has 4 heteroatoms. The zero-order valence-electron chi connectivity index (χ0n) is 11.0. The van der Waals surface area contributed by atoms with Gasteiger partial charge in [0.05, 0.1) is 12.7 Å². The number of carbonyl (C=O) groups is 1. The maximum Gasteiger partial charge on any atom is 0.153 e. The van der Waals surface area contributed by atoms with Crippen LogP contribution in [0.1, 0.15) is 24.2 Å². The summed E-state index contributed by atoms with van der Waals surface area (Å²) in [4.78, 5) is 12.5. The summed E-state index contributed by atoms with van der Waals surface area (Å²) >= 11 is 0. The molecule has 0 aliphatic rings. The standard InChI is InChI=1S/C8H7FO2.C5H13N/c1-11-8-3-2-7(9)4-6(8)5-10;1-5(2)6(3)4/h2-5H,1H3;5H,1-4H3. The summed E-state index contributed by atoms with van der Waals surface area (Å²) in [5.74, 6) is -0.0469. The van der Waals surface area contributed by atoms with Crippen molar-refractivity contribution in [3.63, 3.8) is 0 Å². The van der Waals surface area contributed by atoms with E-state index in [4.69, 9.17) is 4.74 Å². The van der Waals surface area contributed by atoms with Gasteiger partial charge in [0.15, 0.2) is 6.29 Å². The molecule has 0 spiro atoms. The average Bonchev–Trinajstić information content (AvgIpc) is 2.29. The van der Waals surface area contributed by atoms with Crippen molar-refractivity contribution < 1.29 is 13.9 Å². The van der Waals surface area contributed by atoms with E-state index in [-0.39, 0.29) is 5.56 Å². The highest BCUT2D eigenvalue weighted by molar-refractivity contribution is 5.79. The van der Waals surface area contributed by atoms with Crippen LogP contribution in [-0.2, 0) is 0 Å². The monoisotopic (exact) mass is 241 g/mol. The Hall–Kier alpha value is -1.42. The van der Waals surface area contributed by atoms with Gasteiger partial charge in [-0.15, -0.1) is 0 Å². The van der Waals surface area contributed by atoms with Crippen LogP contribution in [0.15, 0.2) is 18.2 Å². The van der Waals surface area contributed by atoms with E-state index in [0.717, 1.165) is 6.07 Å². The quantitative estimate of drug-likeness (QED) is 0.762. The van der Waals surface area contributed by atoms with E-state index < -0.39 is 5.82 Å². The van der Waals surface area contributed by atoms with E-state index in [1.807, 2.05) is 0 Å². The molecule has 0 aliphatic heterocycles. The first-order chi connectivity index (χ1) is 7.92. The van der Waals surface area contributed by atoms with E-state index >= 15 is 0 Å². The Labute approximate surface area is 102 Å². The van der Waals surface area contributed by atoms with Gasteiger partial charge in [-0.3, -0.25) is 4.79 Å². The molecule has 1 rings (SSSR count). The van der Waals surface area contributed by atoms with Crippen molar-refractivity contribution in [2.24, 2.45) is 0 Å². The number of benzene rings is 1. The predicted molar refractivity (Wildman–Crippen MR) is 67.2 cm³/mol. The van der Waals surface area contributed by atoms with Crippen LogP contribution in [0.25, 0.3) is 0 Å². The molecule has 0 heterocycles. The number of methoxy groups -OCH3 is 1. The zero-order chi connectivity index (χ0) is 13.4. The molecule has 1 aromatic carbocycles. The topological polar surface area (TPSA) is 29.5 Å². The summed E-state index contributed by atoms with van der Waals surface area (Å²) in [5, 5.41) is 0. The zero-order valence-corrected chi connectivity index (χ0v) is 11.0. The van der Waals surface area contributed by atoms with Gasteiger partial charge in [0.2, 0.25) is 0 Å². The summed E-state index contributed by atoms with van der Waals surface area (Å²) in [5.41, 5.74) is 0.229. The molecule has 17 heavy (non-hydrogen) atoms. The number of ether oxygens (including phenoxy) is 1. The third-order valence-corrected chi connectivity index (χ3v) is 2.35. The molecule has 96 valence electrons. The van der Waals surface area contributed by atoms with Crippen LogP contribution in [-0.4, -0.2) is 38.4 Å². The number of rotatable bonds is 3. The molecule has 0 aliphatic carbocycles. The lowest BCUT2D eigenvalue weighted by atomic mass is 10.2. The number of carbonyl (C=O) groups excluding carboxylic acids is 1. The highest BCUT2D eigenvalue weighted by Crippen LogP contribution is 2.16. The first kappa shape index (κ1) is 15.6. The summed E-state index contributed by atoms with van der Waals surface area (Å²) in [7, 11) is 5.58. The Kier molecular flexibility index (Phi) is 7.14. The van der Waals surface area contributed by atoms with Gasteiger partial charge >= 0.3 is 0 Å². The predicted octanol–water partition coefficient (Wildman–Crippen LogP) is 2.60. The van der Waals surface area contributed by atoms with Gasteiger partial charge in [-0.2, -0.15) is 0 Å². The van der Waals surface area contributed by atoms with Crippen LogP contribution in [0.4, 0.5) is 4.39 Å². The lowest BCUT2D eigenvalue weighted by Gasteiger charge is -2.12. The number of hydrogen-bond acceptors (Lipinski definition) is 3. The lowest BCUT2D eigenvalue weighted by molar-refractivity contribution is 0.112. The average molecular weight is 241 g/mol. The number of hydrogen-bond donors (Lipinski definition) is 0. The van der Waals surface area contributed by atoms with Gasteiger partial charge < -0.3 is 9.64 Å². The molecule has 0 aromatic heterocycles. The van der Waals surface area contributed by atoms with Gasteiger partial charge in [0.1, 0.15) is 11.6 Å². The number of nitrogens with zero attached hydrogens (tertiary/aromatic N) is 1. The molecule has 0 bridgehead atoms. The van der Waals surface area contributed by atoms with E-state index in [1.54, 1.807) is 0 Å². The van der Waals surface area contributed by atoms with E-state index in [1.165, 1.54) is 19.2 Å². The van der Waals surface area contributed by atoms with Crippen LogP contribution < -0.4 is 4.74 Å². The van der Waals surface area contributed by atoms with Gasteiger partial charge in [0, 0.05) is 6.04 Å². The summed E-state index contributed by atoms with van der Waals surface area (Å²) in [6, 6.07) is 4.47. The lowest BCUT2D eigenvalue weighted by Crippen LogP contribution is -2.20. The normalized spacial score (nSPS) is 9.88. The Balaban J connectivity index is 0.000000366. The van der Waals surface area contributed by atoms with Crippen LogP contribution in [0, 0.1) is 5.82 Å². The molecule has 1 aromatic rings.